The lowest BCUT2D eigenvalue weighted by atomic mass is 10.2. The van der Waals surface area contributed by atoms with Gasteiger partial charge in [-0.25, -0.2) is 0 Å². The van der Waals surface area contributed by atoms with Crippen molar-refractivity contribution in [2.75, 3.05) is 28.0 Å². The lowest BCUT2D eigenvalue weighted by molar-refractivity contribution is -0.122. The molecular formula is C17H17Cl2N3O4S. The van der Waals surface area contributed by atoms with E-state index in [0.29, 0.717) is 32.9 Å². The third-order valence-corrected chi connectivity index (χ3v) is 6.49. The molecule has 1 aliphatic heterocycles. The van der Waals surface area contributed by atoms with E-state index in [-0.39, 0.29) is 0 Å². The smallest absolute Gasteiger partial charge is 0.326 e. The van der Waals surface area contributed by atoms with Crippen molar-refractivity contribution in [3.63, 3.8) is 0 Å². The molecule has 0 spiro atoms. The van der Waals surface area contributed by atoms with E-state index in [4.69, 9.17) is 27.9 Å². The van der Waals surface area contributed by atoms with E-state index in [9.17, 15) is 13.2 Å². The highest BCUT2D eigenvalue weighted by molar-refractivity contribution is 7.94. The Morgan fingerprint density at radius 2 is 1.74 bits per heavy atom. The summed E-state index contributed by atoms with van der Waals surface area (Å²) in [6, 6.07) is 9.57. The minimum absolute atomic E-state index is 0.301. The summed E-state index contributed by atoms with van der Waals surface area (Å²) in [5.41, 5.74) is 1.46. The van der Waals surface area contributed by atoms with Gasteiger partial charge in [0.05, 0.1) is 16.4 Å². The van der Waals surface area contributed by atoms with Crippen molar-refractivity contribution >= 4 is 56.4 Å². The highest BCUT2D eigenvalue weighted by atomic mass is 35.5. The molecular weight excluding hydrogens is 413 g/mol. The number of nitrogens with zero attached hydrogens (tertiary/aromatic N) is 2. The summed E-state index contributed by atoms with van der Waals surface area (Å²) < 4.78 is 32.3. The van der Waals surface area contributed by atoms with Crippen LogP contribution in [-0.2, 0) is 15.0 Å². The molecule has 0 fully saturated rings. The van der Waals surface area contributed by atoms with Crippen molar-refractivity contribution < 1.29 is 17.9 Å². The van der Waals surface area contributed by atoms with Crippen LogP contribution in [0.2, 0.25) is 10.0 Å². The molecule has 1 heterocycles. The van der Waals surface area contributed by atoms with Crippen LogP contribution in [0.4, 0.5) is 17.1 Å². The van der Waals surface area contributed by atoms with Crippen LogP contribution in [0.1, 0.15) is 6.92 Å². The van der Waals surface area contributed by atoms with E-state index in [2.05, 4.69) is 5.32 Å². The maximum atomic E-state index is 12.4. The van der Waals surface area contributed by atoms with Gasteiger partial charge in [0.1, 0.15) is 5.75 Å². The number of carbonyl (C=O) groups excluding carboxylic acids is 1. The molecule has 3 rings (SSSR count). The first-order valence-corrected chi connectivity index (χ1v) is 10.1. The van der Waals surface area contributed by atoms with Gasteiger partial charge in [0.2, 0.25) is 0 Å². The van der Waals surface area contributed by atoms with Crippen molar-refractivity contribution in [1.29, 1.82) is 0 Å². The average molecular weight is 430 g/mol. The van der Waals surface area contributed by atoms with Crippen LogP contribution in [0.3, 0.4) is 0 Å². The zero-order valence-electron chi connectivity index (χ0n) is 14.7. The van der Waals surface area contributed by atoms with Crippen molar-refractivity contribution in [3.8, 4) is 5.75 Å². The number of anilines is 3. The van der Waals surface area contributed by atoms with Crippen LogP contribution in [0, 0.1) is 0 Å². The number of carbonyl (C=O) groups is 1. The van der Waals surface area contributed by atoms with Gasteiger partial charge in [-0.05, 0) is 43.3 Å². The molecule has 10 heteroatoms. The van der Waals surface area contributed by atoms with Crippen molar-refractivity contribution in [2.45, 2.75) is 13.0 Å². The Hall–Kier alpha value is -2.16. The molecule has 2 aromatic rings. The summed E-state index contributed by atoms with van der Waals surface area (Å²) >= 11 is 11.9. The summed E-state index contributed by atoms with van der Waals surface area (Å²) in [5.74, 6) is -0.0667. The first kappa shape index (κ1) is 19.6. The monoisotopic (exact) mass is 429 g/mol. The van der Waals surface area contributed by atoms with Gasteiger partial charge in [0.25, 0.3) is 5.91 Å². The minimum Gasteiger partial charge on any atom is -0.479 e. The fourth-order valence-electron chi connectivity index (χ4n) is 2.61. The van der Waals surface area contributed by atoms with Gasteiger partial charge >= 0.3 is 10.2 Å². The molecule has 0 aliphatic carbocycles. The maximum absolute atomic E-state index is 12.4. The maximum Gasteiger partial charge on any atom is 0.326 e. The summed E-state index contributed by atoms with van der Waals surface area (Å²) in [4.78, 5) is 12.4. The number of ether oxygens (including phenoxy) is 1. The third kappa shape index (κ3) is 3.65. The second-order valence-electron chi connectivity index (χ2n) is 5.97. The molecule has 0 radical (unpaired) electrons. The molecule has 0 unspecified atom stereocenters. The fraction of sp³-hybridized carbons (Fsp3) is 0.235. The van der Waals surface area contributed by atoms with Crippen molar-refractivity contribution in [1.82, 2.24) is 0 Å². The molecule has 0 aromatic heterocycles. The molecule has 1 atom stereocenters. The standard InChI is InChI=1S/C17H17Cl2N3O4S/c1-10(26-16-7-4-11(18)8-13(16)19)17(23)20-12-5-6-14-15(9-12)22(3)27(24,25)21(14)2/h4-10H,1-3H3,(H,20,23)/t10-/m0/s1. The third-order valence-electron chi connectivity index (χ3n) is 4.18. The largest absolute Gasteiger partial charge is 0.479 e. The van der Waals surface area contributed by atoms with E-state index >= 15 is 0 Å². The normalized spacial score (nSPS) is 16.0. The Morgan fingerprint density at radius 1 is 1.07 bits per heavy atom. The number of hydrogen-bond donors (Lipinski definition) is 1. The SMILES string of the molecule is C[C@H](Oc1ccc(Cl)cc1Cl)C(=O)Nc1ccc2c(c1)N(C)S(=O)(=O)N2C. The van der Waals surface area contributed by atoms with Gasteiger partial charge in [-0.15, -0.1) is 0 Å². The Labute approximate surface area is 167 Å². The second kappa shape index (κ2) is 7.10. The topological polar surface area (TPSA) is 79.0 Å². The molecule has 2 aromatic carbocycles. The molecule has 1 aliphatic rings. The van der Waals surface area contributed by atoms with Gasteiger partial charge in [0, 0.05) is 24.8 Å². The number of benzene rings is 2. The first-order chi connectivity index (χ1) is 12.6. The number of hydrogen-bond acceptors (Lipinski definition) is 4. The zero-order chi connectivity index (χ0) is 19.9. The van der Waals surface area contributed by atoms with Crippen molar-refractivity contribution in [2.24, 2.45) is 0 Å². The quantitative estimate of drug-likeness (QED) is 0.805. The second-order valence-corrected chi connectivity index (χ2v) is 8.81. The predicted molar refractivity (Wildman–Crippen MR) is 107 cm³/mol. The lowest BCUT2D eigenvalue weighted by Crippen LogP contribution is -2.32. The Balaban J connectivity index is 1.74. The Bertz CT molecular complexity index is 1010. The summed E-state index contributed by atoms with van der Waals surface area (Å²) in [7, 11) is -0.640. The molecule has 7 nitrogen and oxygen atoms in total. The number of halogens is 2. The summed E-state index contributed by atoms with van der Waals surface area (Å²) in [5, 5.41) is 3.48. The average Bonchev–Trinajstić information content (AvgIpc) is 2.78. The van der Waals surface area contributed by atoms with Gasteiger partial charge in [-0.2, -0.15) is 8.42 Å². The molecule has 144 valence electrons. The molecule has 0 bridgehead atoms. The minimum atomic E-state index is -3.57. The number of amides is 1. The van der Waals surface area contributed by atoms with Crippen LogP contribution in [0.25, 0.3) is 0 Å². The van der Waals surface area contributed by atoms with Crippen LogP contribution >= 0.6 is 23.2 Å². The van der Waals surface area contributed by atoms with E-state index in [1.165, 1.54) is 24.5 Å². The van der Waals surface area contributed by atoms with Crippen LogP contribution in [0.15, 0.2) is 36.4 Å². The number of fused-ring (bicyclic) bond motifs is 1. The zero-order valence-corrected chi connectivity index (χ0v) is 17.1. The van der Waals surface area contributed by atoms with E-state index in [1.54, 1.807) is 37.3 Å². The lowest BCUT2D eigenvalue weighted by Gasteiger charge is -2.16. The molecule has 27 heavy (non-hydrogen) atoms. The number of rotatable bonds is 4. The fourth-order valence-corrected chi connectivity index (χ4v) is 4.23. The van der Waals surface area contributed by atoms with Crippen molar-refractivity contribution in [3.05, 3.63) is 46.4 Å². The highest BCUT2D eigenvalue weighted by Crippen LogP contribution is 2.40. The Morgan fingerprint density at radius 3 is 2.41 bits per heavy atom. The number of nitrogens with one attached hydrogen (secondary N) is 1. The highest BCUT2D eigenvalue weighted by Gasteiger charge is 2.35. The summed E-state index contributed by atoms with van der Waals surface area (Å²) in [6.07, 6.45) is -0.832. The van der Waals surface area contributed by atoms with E-state index < -0.39 is 22.2 Å². The summed E-state index contributed by atoms with van der Waals surface area (Å²) in [6.45, 7) is 1.58. The van der Waals surface area contributed by atoms with Gasteiger partial charge in [0.15, 0.2) is 6.10 Å². The van der Waals surface area contributed by atoms with Gasteiger partial charge < -0.3 is 10.1 Å². The van der Waals surface area contributed by atoms with Gasteiger partial charge in [-0.1, -0.05) is 23.2 Å². The Kier molecular flexibility index (Phi) is 5.16. The van der Waals surface area contributed by atoms with Gasteiger partial charge in [-0.3, -0.25) is 13.4 Å². The molecule has 0 saturated heterocycles. The van der Waals surface area contributed by atoms with E-state index in [0.717, 1.165) is 4.31 Å². The van der Waals surface area contributed by atoms with Crippen LogP contribution < -0.4 is 18.7 Å². The molecule has 1 amide bonds. The van der Waals surface area contributed by atoms with Crippen LogP contribution in [0.5, 0.6) is 5.75 Å². The predicted octanol–water partition coefficient (Wildman–Crippen LogP) is 3.53. The van der Waals surface area contributed by atoms with Crippen LogP contribution in [-0.4, -0.2) is 34.5 Å². The van der Waals surface area contributed by atoms with E-state index in [1.807, 2.05) is 0 Å². The first-order valence-electron chi connectivity index (χ1n) is 7.90. The molecule has 1 N–H and O–H groups in total. The molecule has 0 saturated carbocycles.